The van der Waals surface area contributed by atoms with Crippen LogP contribution in [-0.4, -0.2) is 58.7 Å². The van der Waals surface area contributed by atoms with Crippen LogP contribution >= 0.6 is 22.9 Å². The van der Waals surface area contributed by atoms with Crippen LogP contribution < -0.4 is 15.8 Å². The zero-order valence-electron chi connectivity index (χ0n) is 23.3. The highest BCUT2D eigenvalue weighted by Crippen LogP contribution is 2.34. The SMILES string of the molecule is CCn1c(=O)c(-c2ccc(-c3cnc(C)s3)cc2Cl)cc2cnc(Nc3ccc(N(C)CCN(C)C)cc3)nc21. The number of hydrogen-bond donors (Lipinski definition) is 1. The van der Waals surface area contributed by atoms with E-state index in [1.54, 1.807) is 22.1 Å². The summed E-state index contributed by atoms with van der Waals surface area (Å²) in [4.78, 5) is 32.6. The molecule has 0 aliphatic heterocycles. The molecule has 3 aromatic heterocycles. The first kappa shape index (κ1) is 27.8. The summed E-state index contributed by atoms with van der Waals surface area (Å²) in [6.07, 6.45) is 3.58. The average molecular weight is 574 g/mol. The Labute approximate surface area is 242 Å². The quantitative estimate of drug-likeness (QED) is 0.221. The monoisotopic (exact) mass is 573 g/mol. The number of halogens is 1. The van der Waals surface area contributed by atoms with E-state index in [-0.39, 0.29) is 5.56 Å². The molecule has 0 saturated heterocycles. The highest BCUT2D eigenvalue weighted by molar-refractivity contribution is 7.15. The van der Waals surface area contributed by atoms with Gasteiger partial charge in [0.25, 0.3) is 5.56 Å². The van der Waals surface area contributed by atoms with E-state index in [2.05, 4.69) is 58.4 Å². The Balaban J connectivity index is 1.43. The number of rotatable bonds is 9. The van der Waals surface area contributed by atoms with E-state index in [1.807, 2.05) is 56.4 Å². The average Bonchev–Trinajstić information content (AvgIpc) is 3.38. The summed E-state index contributed by atoms with van der Waals surface area (Å²) in [7, 11) is 6.22. The molecular formula is C30H32ClN7OS. The number of aryl methyl sites for hydroxylation is 2. The van der Waals surface area contributed by atoms with Crippen molar-refractivity contribution in [1.29, 1.82) is 0 Å². The van der Waals surface area contributed by atoms with Gasteiger partial charge >= 0.3 is 0 Å². The zero-order valence-corrected chi connectivity index (χ0v) is 24.8. The van der Waals surface area contributed by atoms with E-state index >= 15 is 0 Å². The molecule has 0 fully saturated rings. The summed E-state index contributed by atoms with van der Waals surface area (Å²) in [6.45, 7) is 6.28. The van der Waals surface area contributed by atoms with Gasteiger partial charge in [0.05, 0.1) is 9.88 Å². The van der Waals surface area contributed by atoms with Crippen LogP contribution in [-0.2, 0) is 6.54 Å². The number of nitrogens with one attached hydrogen (secondary N) is 1. The van der Waals surface area contributed by atoms with Crippen LogP contribution in [0.3, 0.4) is 0 Å². The standard InChI is InChI=1S/C30H32ClN7OS/c1-6-38-28-21(15-25(29(38)39)24-12-7-20(16-26(24)31)27-18-32-19(2)40-27)17-33-30(35-28)34-22-8-10-23(11-9-22)37(5)14-13-36(3)4/h7-12,15-18H,6,13-14H2,1-5H3,(H,33,34,35). The lowest BCUT2D eigenvalue weighted by Crippen LogP contribution is -2.28. The molecule has 10 heteroatoms. The molecule has 0 bridgehead atoms. The second kappa shape index (κ2) is 11.8. The summed E-state index contributed by atoms with van der Waals surface area (Å²) in [5.74, 6) is 0.429. The molecule has 8 nitrogen and oxygen atoms in total. The minimum atomic E-state index is -0.145. The van der Waals surface area contributed by atoms with Crippen LogP contribution in [0.5, 0.6) is 0 Å². The molecule has 1 N–H and O–H groups in total. The third kappa shape index (κ3) is 5.86. The Kier molecular flexibility index (Phi) is 8.16. The van der Waals surface area contributed by atoms with Crippen LogP contribution in [0.4, 0.5) is 17.3 Å². The van der Waals surface area contributed by atoms with Gasteiger partial charge in [-0.25, -0.2) is 9.97 Å². The Morgan fingerprint density at radius 3 is 2.40 bits per heavy atom. The number of anilines is 3. The third-order valence-electron chi connectivity index (χ3n) is 6.76. The molecule has 0 saturated carbocycles. The zero-order chi connectivity index (χ0) is 28.4. The summed E-state index contributed by atoms with van der Waals surface area (Å²) in [5, 5.41) is 5.54. The first-order valence-corrected chi connectivity index (χ1v) is 14.3. The van der Waals surface area contributed by atoms with E-state index in [1.165, 1.54) is 0 Å². The molecule has 5 rings (SSSR count). The van der Waals surface area contributed by atoms with Crippen molar-refractivity contribution < 1.29 is 0 Å². The second-order valence-electron chi connectivity index (χ2n) is 9.91. The Morgan fingerprint density at radius 1 is 0.975 bits per heavy atom. The molecule has 0 unspecified atom stereocenters. The fourth-order valence-electron chi connectivity index (χ4n) is 4.49. The van der Waals surface area contributed by atoms with Gasteiger partial charge in [-0.2, -0.15) is 4.98 Å². The molecule has 206 valence electrons. The predicted molar refractivity (Wildman–Crippen MR) is 167 cm³/mol. The lowest BCUT2D eigenvalue weighted by Gasteiger charge is -2.21. The molecule has 40 heavy (non-hydrogen) atoms. The first-order chi connectivity index (χ1) is 19.2. The van der Waals surface area contributed by atoms with Crippen molar-refractivity contribution in [3.8, 4) is 21.6 Å². The highest BCUT2D eigenvalue weighted by Gasteiger charge is 2.16. The molecule has 0 amide bonds. The van der Waals surface area contributed by atoms with Gasteiger partial charge in [0.1, 0.15) is 5.65 Å². The number of aromatic nitrogens is 4. The molecule has 0 aliphatic rings. The van der Waals surface area contributed by atoms with Crippen molar-refractivity contribution in [2.45, 2.75) is 20.4 Å². The van der Waals surface area contributed by atoms with Crippen LogP contribution in [0.1, 0.15) is 11.9 Å². The minimum absolute atomic E-state index is 0.145. The molecule has 0 aliphatic carbocycles. The number of pyridine rings is 1. The number of benzene rings is 2. The van der Waals surface area contributed by atoms with Crippen molar-refractivity contribution in [3.05, 3.63) is 81.3 Å². The van der Waals surface area contributed by atoms with Gasteiger partial charge in [-0.1, -0.05) is 23.7 Å². The summed E-state index contributed by atoms with van der Waals surface area (Å²) in [6, 6.07) is 15.7. The van der Waals surface area contributed by atoms with Crippen molar-refractivity contribution >= 4 is 51.3 Å². The van der Waals surface area contributed by atoms with Gasteiger partial charge in [-0.3, -0.25) is 9.36 Å². The minimum Gasteiger partial charge on any atom is -0.373 e. The maximum atomic E-state index is 13.6. The number of hydrogen-bond acceptors (Lipinski definition) is 8. The Morgan fingerprint density at radius 2 is 1.75 bits per heavy atom. The van der Waals surface area contributed by atoms with Gasteiger partial charge in [0, 0.05) is 72.0 Å². The van der Waals surface area contributed by atoms with E-state index in [0.29, 0.717) is 34.3 Å². The molecule has 0 atom stereocenters. The van der Waals surface area contributed by atoms with Crippen LogP contribution in [0, 0.1) is 6.92 Å². The van der Waals surface area contributed by atoms with Gasteiger partial charge < -0.3 is 15.1 Å². The number of nitrogens with zero attached hydrogens (tertiary/aromatic N) is 6. The summed E-state index contributed by atoms with van der Waals surface area (Å²) >= 11 is 8.31. The fourth-order valence-corrected chi connectivity index (χ4v) is 5.55. The van der Waals surface area contributed by atoms with Crippen LogP contribution in [0.2, 0.25) is 5.02 Å². The maximum Gasteiger partial charge on any atom is 0.260 e. The summed E-state index contributed by atoms with van der Waals surface area (Å²) < 4.78 is 1.66. The lowest BCUT2D eigenvalue weighted by atomic mass is 10.0. The van der Waals surface area contributed by atoms with Crippen molar-refractivity contribution in [1.82, 2.24) is 24.4 Å². The van der Waals surface area contributed by atoms with Crippen LogP contribution in [0.15, 0.2) is 65.7 Å². The van der Waals surface area contributed by atoms with E-state index < -0.39 is 0 Å². The molecule has 0 spiro atoms. The van der Waals surface area contributed by atoms with Crippen molar-refractivity contribution in [3.63, 3.8) is 0 Å². The number of thiazole rings is 1. The van der Waals surface area contributed by atoms with Gasteiger partial charge in [-0.15, -0.1) is 11.3 Å². The molecule has 5 aromatic rings. The fraction of sp³-hybridized carbons (Fsp3) is 0.267. The molecular weight excluding hydrogens is 542 g/mol. The van der Waals surface area contributed by atoms with E-state index in [4.69, 9.17) is 16.6 Å². The third-order valence-corrected chi connectivity index (χ3v) is 8.03. The largest absolute Gasteiger partial charge is 0.373 e. The number of fused-ring (bicyclic) bond motifs is 1. The predicted octanol–water partition coefficient (Wildman–Crippen LogP) is 6.31. The van der Waals surface area contributed by atoms with E-state index in [0.717, 1.165) is 45.3 Å². The van der Waals surface area contributed by atoms with Gasteiger partial charge in [-0.05, 0) is 69.9 Å². The lowest BCUT2D eigenvalue weighted by molar-refractivity contribution is 0.416. The van der Waals surface area contributed by atoms with Crippen molar-refractivity contribution in [2.24, 2.45) is 0 Å². The number of likely N-dealkylation sites (N-methyl/N-ethyl adjacent to an activating group) is 2. The normalized spacial score (nSPS) is 11.4. The van der Waals surface area contributed by atoms with Crippen molar-refractivity contribution in [2.75, 3.05) is 44.4 Å². The maximum absolute atomic E-state index is 13.6. The van der Waals surface area contributed by atoms with Gasteiger partial charge in [0.2, 0.25) is 5.95 Å². The first-order valence-electron chi connectivity index (χ1n) is 13.1. The molecule has 3 heterocycles. The smallest absolute Gasteiger partial charge is 0.260 e. The Bertz CT molecular complexity index is 1710. The second-order valence-corrected chi connectivity index (χ2v) is 11.6. The van der Waals surface area contributed by atoms with E-state index in [9.17, 15) is 4.79 Å². The molecule has 0 radical (unpaired) electrons. The van der Waals surface area contributed by atoms with Gasteiger partial charge in [0.15, 0.2) is 0 Å². The summed E-state index contributed by atoms with van der Waals surface area (Å²) in [5.41, 5.74) is 4.60. The van der Waals surface area contributed by atoms with Crippen LogP contribution in [0.25, 0.3) is 32.6 Å². The molecule has 2 aromatic carbocycles. The topological polar surface area (TPSA) is 79.2 Å². The Hall–Kier alpha value is -3.79. The highest BCUT2D eigenvalue weighted by atomic mass is 35.5.